The van der Waals surface area contributed by atoms with E-state index in [1.165, 1.54) is 0 Å². The van der Waals surface area contributed by atoms with Crippen molar-refractivity contribution >= 4 is 90.3 Å². The van der Waals surface area contributed by atoms with E-state index in [1.807, 2.05) is 0 Å². The van der Waals surface area contributed by atoms with Crippen molar-refractivity contribution in [3.63, 3.8) is 0 Å². The molecular formula is H10AlCaCl2NaO4S. The van der Waals surface area contributed by atoms with E-state index in [9.17, 15) is 0 Å². The topological polar surface area (TPSA) is 74.6 Å². The zero-order valence-electron chi connectivity index (χ0n) is 7.64. The van der Waals surface area contributed by atoms with Gasteiger partial charge in [-0.2, -0.15) is 8.42 Å². The van der Waals surface area contributed by atoms with Gasteiger partial charge in [0.05, 0.1) is 0 Å². The van der Waals surface area contributed by atoms with E-state index in [1.54, 1.807) is 0 Å². The fourth-order valence-electron chi connectivity index (χ4n) is 0. The molecule has 0 fully saturated rings. The average molecular weight is 267 g/mol. The SMILES string of the molecule is Cl.Cl.O=S(=O)(O)O.[AlH3].[Ca+2].[H-].[H-].[H-].[Na+]. The van der Waals surface area contributed by atoms with Crippen molar-refractivity contribution in [1.29, 1.82) is 0 Å². The van der Waals surface area contributed by atoms with Crippen molar-refractivity contribution in [3.8, 4) is 0 Å². The van der Waals surface area contributed by atoms with Gasteiger partial charge in [0.1, 0.15) is 0 Å². The van der Waals surface area contributed by atoms with Gasteiger partial charge in [0.25, 0.3) is 0 Å². The molecule has 0 amide bonds. The molecule has 0 rings (SSSR count). The monoisotopic (exact) mass is 266 g/mol. The summed E-state index contributed by atoms with van der Waals surface area (Å²) >= 11 is 0. The molecule has 0 unspecified atom stereocenters. The van der Waals surface area contributed by atoms with Crippen LogP contribution in [0.15, 0.2) is 0 Å². The Morgan fingerprint density at radius 3 is 1.10 bits per heavy atom. The minimum Gasteiger partial charge on any atom is -1.00 e. The van der Waals surface area contributed by atoms with E-state index >= 15 is 0 Å². The predicted octanol–water partition coefficient (Wildman–Crippen LogP) is -4.03. The summed E-state index contributed by atoms with van der Waals surface area (Å²) in [6.07, 6.45) is 0. The zero-order valence-corrected chi connectivity index (χ0v) is 11.3. The van der Waals surface area contributed by atoms with Crippen molar-refractivity contribution in [2.75, 3.05) is 0 Å². The van der Waals surface area contributed by atoms with Gasteiger partial charge in [-0.05, 0) is 0 Å². The van der Waals surface area contributed by atoms with Gasteiger partial charge in [-0.3, -0.25) is 9.11 Å². The quantitative estimate of drug-likeness (QED) is 0.346. The Kier molecular flexibility index (Phi) is 68.5. The van der Waals surface area contributed by atoms with Gasteiger partial charge in [-0.25, -0.2) is 0 Å². The zero-order chi connectivity index (χ0) is 4.50. The van der Waals surface area contributed by atoms with Crippen LogP contribution in [0.3, 0.4) is 0 Å². The molecule has 0 aliphatic heterocycles. The van der Waals surface area contributed by atoms with Crippen LogP contribution < -0.4 is 29.6 Å². The summed E-state index contributed by atoms with van der Waals surface area (Å²) in [5.74, 6) is 0. The first-order chi connectivity index (χ1) is 2.00. The fourth-order valence-corrected chi connectivity index (χ4v) is 0. The first kappa shape index (κ1) is 37.8. The third-order valence-electron chi connectivity index (χ3n) is 0. The Balaban J connectivity index is -0.00000000286. The van der Waals surface area contributed by atoms with Crippen LogP contribution in [-0.2, 0) is 10.4 Å². The van der Waals surface area contributed by atoms with Crippen molar-refractivity contribution in [2.45, 2.75) is 0 Å². The molecule has 0 aliphatic carbocycles. The molecule has 0 aromatic rings. The van der Waals surface area contributed by atoms with Crippen LogP contribution in [0, 0.1) is 0 Å². The minimum absolute atomic E-state index is 0. The fraction of sp³-hybridized carbons (Fsp3) is 0. The van der Waals surface area contributed by atoms with Crippen LogP contribution in [0.1, 0.15) is 4.28 Å². The Morgan fingerprint density at radius 1 is 1.10 bits per heavy atom. The van der Waals surface area contributed by atoms with Crippen molar-refractivity contribution in [2.24, 2.45) is 0 Å². The van der Waals surface area contributed by atoms with E-state index in [0.29, 0.717) is 0 Å². The van der Waals surface area contributed by atoms with E-state index < -0.39 is 10.4 Å². The summed E-state index contributed by atoms with van der Waals surface area (Å²) in [6.45, 7) is 0. The Morgan fingerprint density at radius 2 is 1.10 bits per heavy atom. The molecule has 0 radical (unpaired) electrons. The second-order valence-corrected chi connectivity index (χ2v) is 1.34. The second-order valence-electron chi connectivity index (χ2n) is 0.448. The van der Waals surface area contributed by atoms with Gasteiger partial charge >= 0.3 is 77.7 Å². The van der Waals surface area contributed by atoms with Gasteiger partial charge < -0.3 is 4.28 Å². The molecule has 10 heavy (non-hydrogen) atoms. The molecule has 0 atom stereocenters. The van der Waals surface area contributed by atoms with E-state index in [2.05, 4.69) is 0 Å². The maximum Gasteiger partial charge on any atom is 2.00 e. The molecule has 2 N–H and O–H groups in total. The standard InChI is InChI=1S/Al.Ca.2ClH.Na.H2O4S.6H/c;;;;;1-5(2,3)4;;;;;;/h;;2*1H;;(H2,1,2,3,4);;;;;;/q;+2;;;+1;;;;;3*-1. The summed E-state index contributed by atoms with van der Waals surface area (Å²) in [4.78, 5) is 0. The summed E-state index contributed by atoms with van der Waals surface area (Å²) in [5.41, 5.74) is 0. The second kappa shape index (κ2) is 18.1. The molecule has 0 bridgehead atoms. The van der Waals surface area contributed by atoms with Gasteiger partial charge in [0, 0.05) is 0 Å². The Labute approximate surface area is 139 Å². The van der Waals surface area contributed by atoms with Gasteiger partial charge in [-0.1, -0.05) is 0 Å². The molecular weight excluding hydrogens is 257 g/mol. The molecule has 0 aromatic heterocycles. The molecule has 4 nitrogen and oxygen atoms in total. The average Bonchev–Trinajstić information content (AvgIpc) is 0.722. The maximum absolute atomic E-state index is 8.74. The Hall–Kier alpha value is 3.24. The summed E-state index contributed by atoms with van der Waals surface area (Å²) in [7, 11) is -4.67. The molecule has 0 aliphatic rings. The van der Waals surface area contributed by atoms with Gasteiger partial charge in [-0.15, -0.1) is 24.8 Å². The molecule has 0 aromatic carbocycles. The van der Waals surface area contributed by atoms with Crippen molar-refractivity contribution in [3.05, 3.63) is 0 Å². The summed E-state index contributed by atoms with van der Waals surface area (Å²) < 4.78 is 31.6. The molecule has 60 valence electrons. The van der Waals surface area contributed by atoms with Crippen molar-refractivity contribution in [1.82, 2.24) is 0 Å². The molecule has 0 saturated carbocycles. The van der Waals surface area contributed by atoms with Crippen LogP contribution >= 0.6 is 24.8 Å². The van der Waals surface area contributed by atoms with E-state index in [0.717, 1.165) is 0 Å². The minimum atomic E-state index is -4.67. The number of hydrogen-bond acceptors (Lipinski definition) is 2. The predicted molar refractivity (Wildman–Crippen MR) is 47.7 cm³/mol. The first-order valence-corrected chi connectivity index (χ1v) is 2.10. The molecule has 0 spiro atoms. The molecule has 10 heteroatoms. The number of halogens is 2. The van der Waals surface area contributed by atoms with Crippen LogP contribution in [-0.4, -0.2) is 72.6 Å². The Bertz CT molecular complexity index is 117. The van der Waals surface area contributed by atoms with E-state index in [4.69, 9.17) is 17.5 Å². The van der Waals surface area contributed by atoms with Crippen LogP contribution in [0.5, 0.6) is 0 Å². The first-order valence-electron chi connectivity index (χ1n) is 0.698. The van der Waals surface area contributed by atoms with Crippen LogP contribution in [0.2, 0.25) is 0 Å². The van der Waals surface area contributed by atoms with E-state index in [-0.39, 0.29) is 114 Å². The smallest absolute Gasteiger partial charge is 1.00 e. The number of hydrogen-bond donors (Lipinski definition) is 2. The van der Waals surface area contributed by atoms with Crippen molar-refractivity contribution < 1.29 is 51.4 Å². The van der Waals surface area contributed by atoms with Crippen LogP contribution in [0.4, 0.5) is 0 Å². The number of rotatable bonds is 0. The summed E-state index contributed by atoms with van der Waals surface area (Å²) in [6, 6.07) is 0. The normalized spacial score (nSPS) is 5.80. The van der Waals surface area contributed by atoms with Crippen LogP contribution in [0.25, 0.3) is 0 Å². The summed E-state index contributed by atoms with van der Waals surface area (Å²) in [5, 5.41) is 0. The molecule has 0 heterocycles. The third-order valence-corrected chi connectivity index (χ3v) is 0. The third kappa shape index (κ3) is 112. The largest absolute Gasteiger partial charge is 2.00 e. The maximum atomic E-state index is 8.74. The van der Waals surface area contributed by atoms with Gasteiger partial charge in [0.2, 0.25) is 0 Å². The molecule has 0 saturated heterocycles. The van der Waals surface area contributed by atoms with Gasteiger partial charge in [0.15, 0.2) is 17.4 Å².